The van der Waals surface area contributed by atoms with Gasteiger partial charge in [0.1, 0.15) is 10.4 Å². The van der Waals surface area contributed by atoms with Gasteiger partial charge in [0, 0.05) is 6.04 Å². The van der Waals surface area contributed by atoms with Crippen LogP contribution in [0.2, 0.25) is 0 Å². The second-order valence-electron chi connectivity index (χ2n) is 3.16. The summed E-state index contributed by atoms with van der Waals surface area (Å²) in [4.78, 5) is 0. The number of alkyl halides is 1. The minimum absolute atomic E-state index is 0.123. The van der Waals surface area contributed by atoms with Gasteiger partial charge in [-0.2, -0.15) is 0 Å². The van der Waals surface area contributed by atoms with Crippen molar-refractivity contribution in [2.45, 2.75) is 13.0 Å². The van der Waals surface area contributed by atoms with Gasteiger partial charge in [0.05, 0.1) is 0 Å². The van der Waals surface area contributed by atoms with E-state index in [-0.39, 0.29) is 16.5 Å². The van der Waals surface area contributed by atoms with Crippen LogP contribution in [-0.2, 0) is 10.0 Å². The lowest BCUT2D eigenvalue weighted by atomic mass is 10.1. The molecular weight excluding hydrogens is 282 g/mol. The van der Waals surface area contributed by atoms with Crippen molar-refractivity contribution in [3.05, 3.63) is 29.8 Å². The number of benzene rings is 1. The average molecular weight is 294 g/mol. The van der Waals surface area contributed by atoms with Crippen LogP contribution in [0.25, 0.3) is 0 Å². The monoisotopic (exact) mass is 293 g/mol. The molecule has 1 rings (SSSR count). The Morgan fingerprint density at radius 1 is 1.53 bits per heavy atom. The Hall–Kier alpha value is -0.590. The molecule has 0 radical (unpaired) electrons. The predicted molar refractivity (Wildman–Crippen MR) is 62.4 cm³/mol. The fraction of sp³-hybridized carbons (Fsp3) is 0.333. The molecule has 0 fully saturated rings. The van der Waals surface area contributed by atoms with Gasteiger partial charge in [-0.3, -0.25) is 0 Å². The van der Waals surface area contributed by atoms with Crippen LogP contribution < -0.4 is 4.72 Å². The second kappa shape index (κ2) is 4.96. The number of nitrogens with one attached hydrogen (secondary N) is 1. The van der Waals surface area contributed by atoms with Gasteiger partial charge in [0.2, 0.25) is 10.0 Å². The highest BCUT2D eigenvalue weighted by atomic mass is 79.9. The molecule has 0 bridgehead atoms. The van der Waals surface area contributed by atoms with E-state index in [0.29, 0.717) is 0 Å². The van der Waals surface area contributed by atoms with Crippen molar-refractivity contribution in [1.82, 2.24) is 4.72 Å². The van der Waals surface area contributed by atoms with E-state index in [4.69, 9.17) is 0 Å². The van der Waals surface area contributed by atoms with Gasteiger partial charge in [0.15, 0.2) is 0 Å². The molecule has 0 aliphatic carbocycles. The lowest BCUT2D eigenvalue weighted by molar-refractivity contribution is 0.473. The Balaban J connectivity index is 2.82. The van der Waals surface area contributed by atoms with E-state index < -0.39 is 10.0 Å². The average Bonchev–Trinajstić information content (AvgIpc) is 2.17. The molecule has 1 atom stereocenters. The van der Waals surface area contributed by atoms with E-state index in [1.165, 1.54) is 12.1 Å². The first kappa shape index (κ1) is 12.5. The normalized spacial score (nSPS) is 13.7. The summed E-state index contributed by atoms with van der Waals surface area (Å²) >= 11 is 2.89. The number of sulfonamides is 1. The molecule has 0 heterocycles. The Kier molecular flexibility index (Phi) is 4.12. The highest BCUT2D eigenvalue weighted by molar-refractivity contribution is 9.10. The minimum Gasteiger partial charge on any atom is -0.508 e. The van der Waals surface area contributed by atoms with Crippen molar-refractivity contribution in [3.8, 4) is 5.75 Å². The van der Waals surface area contributed by atoms with Gasteiger partial charge in [-0.25, -0.2) is 13.1 Å². The van der Waals surface area contributed by atoms with Gasteiger partial charge in [-0.05, 0) is 24.6 Å². The fourth-order valence-electron chi connectivity index (χ4n) is 1.16. The highest BCUT2D eigenvalue weighted by Gasteiger charge is 2.14. The molecule has 4 nitrogen and oxygen atoms in total. The van der Waals surface area contributed by atoms with Crippen molar-refractivity contribution in [1.29, 1.82) is 0 Å². The first-order chi connectivity index (χ1) is 6.94. The van der Waals surface area contributed by atoms with Crippen LogP contribution in [0, 0.1) is 0 Å². The minimum atomic E-state index is -3.29. The number of hydrogen-bond acceptors (Lipinski definition) is 3. The number of halogens is 1. The van der Waals surface area contributed by atoms with Gasteiger partial charge >= 0.3 is 0 Å². The quantitative estimate of drug-likeness (QED) is 0.831. The maximum atomic E-state index is 11.2. The summed E-state index contributed by atoms with van der Waals surface area (Å²) in [7, 11) is -3.29. The molecule has 1 unspecified atom stereocenters. The Bertz CT molecular complexity index is 433. The van der Waals surface area contributed by atoms with Crippen LogP contribution in [0.4, 0.5) is 0 Å². The largest absolute Gasteiger partial charge is 0.508 e. The summed E-state index contributed by atoms with van der Waals surface area (Å²) in [6, 6.07) is 6.13. The van der Waals surface area contributed by atoms with E-state index >= 15 is 0 Å². The van der Waals surface area contributed by atoms with Crippen LogP contribution in [0.3, 0.4) is 0 Å². The van der Waals surface area contributed by atoms with E-state index in [1.807, 2.05) is 0 Å². The van der Waals surface area contributed by atoms with E-state index in [9.17, 15) is 13.5 Å². The Labute approximate surface area is 97.5 Å². The van der Waals surface area contributed by atoms with Gasteiger partial charge < -0.3 is 5.11 Å². The highest BCUT2D eigenvalue weighted by Crippen LogP contribution is 2.18. The molecule has 0 amide bonds. The number of hydrogen-bond donors (Lipinski definition) is 2. The molecule has 0 aliphatic heterocycles. The lowest BCUT2D eigenvalue weighted by Gasteiger charge is -2.13. The first-order valence-electron chi connectivity index (χ1n) is 4.29. The molecule has 2 N–H and O–H groups in total. The van der Waals surface area contributed by atoms with Gasteiger partial charge in [0.25, 0.3) is 0 Å². The first-order valence-corrected chi connectivity index (χ1v) is 7.07. The summed E-state index contributed by atoms with van der Waals surface area (Å²) in [5.41, 5.74) is 0.722. The van der Waals surface area contributed by atoms with Gasteiger partial charge in [-0.1, -0.05) is 28.1 Å². The standard InChI is InChI=1S/C9H12BrNO3S/c1-7(11-15(13,14)6-10)8-3-2-4-9(12)5-8/h2-5,7,11-12H,6H2,1H3. The zero-order chi connectivity index (χ0) is 11.5. The number of phenols is 1. The van der Waals surface area contributed by atoms with Crippen LogP contribution in [0.1, 0.15) is 18.5 Å². The summed E-state index contributed by atoms with van der Waals surface area (Å²) in [6.07, 6.45) is 0. The molecule has 0 aromatic heterocycles. The number of rotatable bonds is 4. The molecule has 1 aromatic rings. The van der Waals surface area contributed by atoms with Crippen molar-refractivity contribution < 1.29 is 13.5 Å². The van der Waals surface area contributed by atoms with Crippen LogP contribution in [0.5, 0.6) is 5.75 Å². The topological polar surface area (TPSA) is 66.4 Å². The maximum Gasteiger partial charge on any atom is 0.222 e. The van der Waals surface area contributed by atoms with Crippen molar-refractivity contribution in [2.75, 3.05) is 4.66 Å². The summed E-state index contributed by atoms with van der Waals surface area (Å²) in [5.74, 6) is 0.123. The van der Waals surface area contributed by atoms with E-state index in [2.05, 4.69) is 20.7 Å². The molecule has 1 aromatic carbocycles. The van der Waals surface area contributed by atoms with E-state index in [1.54, 1.807) is 19.1 Å². The molecule has 15 heavy (non-hydrogen) atoms. The molecule has 84 valence electrons. The lowest BCUT2D eigenvalue weighted by Crippen LogP contribution is -2.27. The molecule has 0 saturated heterocycles. The maximum absolute atomic E-state index is 11.2. The zero-order valence-electron chi connectivity index (χ0n) is 8.14. The number of phenolic OH excluding ortho intramolecular Hbond substituents is 1. The molecule has 0 spiro atoms. The number of aromatic hydroxyl groups is 1. The summed E-state index contributed by atoms with van der Waals surface area (Å²) in [5, 5.41) is 9.23. The van der Waals surface area contributed by atoms with Crippen molar-refractivity contribution >= 4 is 26.0 Å². The fourth-order valence-corrected chi connectivity index (χ4v) is 2.30. The smallest absolute Gasteiger partial charge is 0.222 e. The summed E-state index contributed by atoms with van der Waals surface area (Å²) < 4.78 is 24.8. The third kappa shape index (κ3) is 3.81. The van der Waals surface area contributed by atoms with Crippen LogP contribution in [-0.4, -0.2) is 18.2 Å². The van der Waals surface area contributed by atoms with Crippen LogP contribution >= 0.6 is 15.9 Å². The van der Waals surface area contributed by atoms with Crippen molar-refractivity contribution in [2.24, 2.45) is 0 Å². The Morgan fingerprint density at radius 3 is 2.73 bits per heavy atom. The molecule has 0 saturated carbocycles. The van der Waals surface area contributed by atoms with Gasteiger partial charge in [-0.15, -0.1) is 0 Å². The second-order valence-corrected chi connectivity index (χ2v) is 6.22. The molecule has 6 heteroatoms. The predicted octanol–water partition coefficient (Wildman–Crippen LogP) is 1.72. The summed E-state index contributed by atoms with van der Waals surface area (Å²) in [6.45, 7) is 1.72. The third-order valence-electron chi connectivity index (χ3n) is 1.87. The zero-order valence-corrected chi connectivity index (χ0v) is 10.5. The SMILES string of the molecule is CC(NS(=O)(=O)CBr)c1cccc(O)c1. The Morgan fingerprint density at radius 2 is 2.20 bits per heavy atom. The third-order valence-corrected chi connectivity index (χ3v) is 4.68. The molecular formula is C9H12BrNO3S. The van der Waals surface area contributed by atoms with Crippen molar-refractivity contribution in [3.63, 3.8) is 0 Å². The molecule has 0 aliphatic rings. The van der Waals surface area contributed by atoms with E-state index in [0.717, 1.165) is 5.56 Å². The van der Waals surface area contributed by atoms with Crippen LogP contribution in [0.15, 0.2) is 24.3 Å².